The van der Waals surface area contributed by atoms with Crippen molar-refractivity contribution in [3.63, 3.8) is 0 Å². The van der Waals surface area contributed by atoms with E-state index in [0.29, 0.717) is 44.1 Å². The van der Waals surface area contributed by atoms with Crippen LogP contribution in [0.5, 0.6) is 0 Å². The second kappa shape index (κ2) is 6.76. The zero-order valence-corrected chi connectivity index (χ0v) is 15.4. The maximum atomic E-state index is 13.3. The summed E-state index contributed by atoms with van der Waals surface area (Å²) in [6.07, 6.45) is 2.61. The fourth-order valence-corrected chi connectivity index (χ4v) is 3.93. The summed E-state index contributed by atoms with van der Waals surface area (Å²) in [5, 5.41) is 0. The monoisotopic (exact) mass is 376 g/mol. The molecule has 0 radical (unpaired) electrons. The van der Waals surface area contributed by atoms with Crippen molar-refractivity contribution in [2.24, 2.45) is 0 Å². The number of nitrogens with zero attached hydrogens (tertiary/aromatic N) is 4. The molecule has 1 aromatic carbocycles. The third-order valence-corrected chi connectivity index (χ3v) is 5.37. The minimum absolute atomic E-state index is 0.159. The Morgan fingerprint density at radius 2 is 1.71 bits per heavy atom. The molecular formula is C21H20N4O3. The SMILES string of the molecule is O=C(c1nc(C(=O)N2CCc3ccccc32)n2ccccc12)N1CCOCC1. The standard InChI is InChI=1S/C21H20N4O3/c26-20(23-11-13-28-14-12-23)18-17-7-3-4-9-24(17)19(22-18)21(27)25-10-8-15-5-1-2-6-16(15)25/h1-7,9H,8,10-14H2. The van der Waals surface area contributed by atoms with Crippen molar-refractivity contribution in [1.29, 1.82) is 0 Å². The van der Waals surface area contributed by atoms with Gasteiger partial charge in [-0.2, -0.15) is 0 Å². The third kappa shape index (κ3) is 2.66. The van der Waals surface area contributed by atoms with Crippen molar-refractivity contribution in [3.05, 3.63) is 65.7 Å². The topological polar surface area (TPSA) is 67.2 Å². The van der Waals surface area contributed by atoms with Crippen LogP contribution >= 0.6 is 0 Å². The van der Waals surface area contributed by atoms with E-state index in [0.717, 1.165) is 17.7 Å². The number of rotatable bonds is 2. The van der Waals surface area contributed by atoms with Crippen molar-refractivity contribution in [2.45, 2.75) is 6.42 Å². The van der Waals surface area contributed by atoms with E-state index in [2.05, 4.69) is 4.98 Å². The van der Waals surface area contributed by atoms with Gasteiger partial charge < -0.3 is 14.5 Å². The van der Waals surface area contributed by atoms with Crippen molar-refractivity contribution in [2.75, 3.05) is 37.7 Å². The second-order valence-corrected chi connectivity index (χ2v) is 6.98. The molecule has 3 aromatic rings. The normalized spacial score (nSPS) is 16.4. The van der Waals surface area contributed by atoms with E-state index in [1.54, 1.807) is 20.4 Å². The first kappa shape index (κ1) is 16.9. The molecule has 2 aliphatic rings. The number of morpholine rings is 1. The van der Waals surface area contributed by atoms with Gasteiger partial charge in [0.25, 0.3) is 11.8 Å². The summed E-state index contributed by atoms with van der Waals surface area (Å²) in [5.74, 6) is -0.0797. The number of pyridine rings is 1. The van der Waals surface area contributed by atoms with Gasteiger partial charge in [-0.15, -0.1) is 0 Å². The summed E-state index contributed by atoms with van der Waals surface area (Å²) in [7, 11) is 0. The smallest absolute Gasteiger partial charge is 0.294 e. The predicted octanol–water partition coefficient (Wildman–Crippen LogP) is 2.01. The minimum Gasteiger partial charge on any atom is -0.378 e. The van der Waals surface area contributed by atoms with Crippen molar-refractivity contribution in [3.8, 4) is 0 Å². The molecule has 2 aromatic heterocycles. The average Bonchev–Trinajstić information content (AvgIpc) is 3.35. The largest absolute Gasteiger partial charge is 0.378 e. The first-order valence-corrected chi connectivity index (χ1v) is 9.48. The zero-order valence-electron chi connectivity index (χ0n) is 15.4. The number of hydrogen-bond donors (Lipinski definition) is 0. The molecule has 0 spiro atoms. The van der Waals surface area contributed by atoms with Crippen molar-refractivity contribution < 1.29 is 14.3 Å². The van der Waals surface area contributed by atoms with Crippen LogP contribution in [0.15, 0.2) is 48.7 Å². The Kier molecular flexibility index (Phi) is 4.09. The highest BCUT2D eigenvalue weighted by atomic mass is 16.5. The number of aromatic nitrogens is 2. The number of amides is 2. The van der Waals surface area contributed by atoms with Crippen LogP contribution < -0.4 is 4.90 Å². The molecule has 0 aliphatic carbocycles. The van der Waals surface area contributed by atoms with Gasteiger partial charge in [-0.25, -0.2) is 4.98 Å². The zero-order chi connectivity index (χ0) is 19.1. The van der Waals surface area contributed by atoms with Crippen LogP contribution in [0.1, 0.15) is 26.7 Å². The minimum atomic E-state index is -0.188. The molecule has 4 heterocycles. The van der Waals surface area contributed by atoms with Crippen LogP contribution in [0.4, 0.5) is 5.69 Å². The highest BCUT2D eigenvalue weighted by Crippen LogP contribution is 2.29. The van der Waals surface area contributed by atoms with Gasteiger partial charge in [0.05, 0.1) is 18.7 Å². The molecule has 5 rings (SSSR count). The molecular weight excluding hydrogens is 356 g/mol. The number of para-hydroxylation sites is 1. The van der Waals surface area contributed by atoms with Gasteiger partial charge in [-0.05, 0) is 30.2 Å². The number of ether oxygens (including phenoxy) is 1. The molecule has 7 nitrogen and oxygen atoms in total. The van der Waals surface area contributed by atoms with E-state index in [-0.39, 0.29) is 17.6 Å². The molecule has 28 heavy (non-hydrogen) atoms. The maximum Gasteiger partial charge on any atom is 0.294 e. The highest BCUT2D eigenvalue weighted by molar-refractivity contribution is 6.08. The Labute approximate surface area is 162 Å². The quantitative estimate of drug-likeness (QED) is 0.686. The fraction of sp³-hybridized carbons (Fsp3) is 0.286. The lowest BCUT2D eigenvalue weighted by Gasteiger charge is -2.26. The van der Waals surface area contributed by atoms with Gasteiger partial charge in [-0.1, -0.05) is 24.3 Å². The Balaban J connectivity index is 1.55. The summed E-state index contributed by atoms with van der Waals surface area (Å²) in [5.41, 5.74) is 3.04. The van der Waals surface area contributed by atoms with Crippen LogP contribution in [-0.2, 0) is 11.2 Å². The summed E-state index contributed by atoms with van der Waals surface area (Å²) in [6.45, 7) is 2.73. The lowest BCUT2D eigenvalue weighted by Crippen LogP contribution is -2.41. The van der Waals surface area contributed by atoms with Gasteiger partial charge in [0, 0.05) is 31.5 Å². The van der Waals surface area contributed by atoms with Crippen molar-refractivity contribution >= 4 is 23.0 Å². The van der Waals surface area contributed by atoms with Crippen LogP contribution in [0.25, 0.3) is 5.52 Å². The van der Waals surface area contributed by atoms with Crippen LogP contribution in [0.3, 0.4) is 0 Å². The number of benzene rings is 1. The highest BCUT2D eigenvalue weighted by Gasteiger charge is 2.31. The van der Waals surface area contributed by atoms with Crippen LogP contribution in [0.2, 0.25) is 0 Å². The van der Waals surface area contributed by atoms with Gasteiger partial charge >= 0.3 is 0 Å². The molecule has 2 aliphatic heterocycles. The number of carbonyl (C=O) groups is 2. The molecule has 0 saturated carbocycles. The Morgan fingerprint density at radius 1 is 0.929 bits per heavy atom. The first-order chi connectivity index (χ1) is 13.7. The van der Waals surface area contributed by atoms with E-state index in [4.69, 9.17) is 4.74 Å². The molecule has 142 valence electrons. The lowest BCUT2D eigenvalue weighted by molar-refractivity contribution is 0.0300. The molecule has 1 saturated heterocycles. The maximum absolute atomic E-state index is 13.3. The molecule has 7 heteroatoms. The summed E-state index contributed by atoms with van der Waals surface area (Å²) >= 11 is 0. The summed E-state index contributed by atoms with van der Waals surface area (Å²) < 4.78 is 7.06. The predicted molar refractivity (Wildman–Crippen MR) is 104 cm³/mol. The van der Waals surface area contributed by atoms with Crippen molar-refractivity contribution in [1.82, 2.24) is 14.3 Å². The Morgan fingerprint density at radius 3 is 2.57 bits per heavy atom. The second-order valence-electron chi connectivity index (χ2n) is 6.98. The van der Waals surface area contributed by atoms with Gasteiger partial charge in [0.1, 0.15) is 0 Å². The summed E-state index contributed by atoms with van der Waals surface area (Å²) in [4.78, 5) is 34.4. The van der Waals surface area contributed by atoms with E-state index < -0.39 is 0 Å². The van der Waals surface area contributed by atoms with E-state index in [1.165, 1.54) is 0 Å². The number of imidazole rings is 1. The molecule has 0 N–H and O–H groups in total. The molecule has 0 atom stereocenters. The van der Waals surface area contributed by atoms with Crippen LogP contribution in [0, 0.1) is 0 Å². The third-order valence-electron chi connectivity index (χ3n) is 5.37. The molecule has 1 fully saturated rings. The molecule has 2 amide bonds. The lowest BCUT2D eigenvalue weighted by atomic mass is 10.2. The molecule has 0 bridgehead atoms. The van der Waals surface area contributed by atoms with Gasteiger partial charge in [0.15, 0.2) is 5.69 Å². The summed E-state index contributed by atoms with van der Waals surface area (Å²) in [6, 6.07) is 13.4. The van der Waals surface area contributed by atoms with E-state index >= 15 is 0 Å². The first-order valence-electron chi connectivity index (χ1n) is 9.48. The number of carbonyl (C=O) groups excluding carboxylic acids is 2. The number of hydrogen-bond acceptors (Lipinski definition) is 4. The van der Waals surface area contributed by atoms with E-state index in [9.17, 15) is 9.59 Å². The fourth-order valence-electron chi connectivity index (χ4n) is 3.93. The van der Waals surface area contributed by atoms with E-state index in [1.807, 2.05) is 42.5 Å². The Bertz CT molecular complexity index is 1070. The van der Waals surface area contributed by atoms with Gasteiger partial charge in [-0.3, -0.25) is 14.0 Å². The Hall–Kier alpha value is -3.19. The van der Waals surface area contributed by atoms with Gasteiger partial charge in [0.2, 0.25) is 5.82 Å². The number of fused-ring (bicyclic) bond motifs is 2. The van der Waals surface area contributed by atoms with Crippen LogP contribution in [-0.4, -0.2) is 58.9 Å². The number of anilines is 1. The average molecular weight is 376 g/mol. The molecule has 0 unspecified atom stereocenters.